The molecular weight excluding hydrogens is 306 g/mol. The highest BCUT2D eigenvalue weighted by Gasteiger charge is 2.26. The molecule has 1 aromatic carbocycles. The zero-order valence-electron chi connectivity index (χ0n) is 14.7. The van der Waals surface area contributed by atoms with Gasteiger partial charge in [-0.25, -0.2) is 9.59 Å². The number of nitrogens with zero attached hydrogens (tertiary/aromatic N) is 1. The molecule has 132 valence electrons. The molecular formula is C19H27NO4. The first-order valence-electron chi connectivity index (χ1n) is 8.55. The average molecular weight is 333 g/mol. The molecule has 5 nitrogen and oxygen atoms in total. The molecule has 0 aromatic heterocycles. The van der Waals surface area contributed by atoms with Gasteiger partial charge >= 0.3 is 12.1 Å². The fourth-order valence-corrected chi connectivity index (χ4v) is 2.92. The van der Waals surface area contributed by atoms with E-state index in [0.717, 1.165) is 44.3 Å². The molecule has 0 atom stereocenters. The third-order valence-electron chi connectivity index (χ3n) is 4.31. The molecule has 0 saturated carbocycles. The Morgan fingerprint density at radius 2 is 1.75 bits per heavy atom. The van der Waals surface area contributed by atoms with Crippen LogP contribution in [0.1, 0.15) is 56.0 Å². The first-order valence-corrected chi connectivity index (χ1v) is 8.55. The van der Waals surface area contributed by atoms with Gasteiger partial charge in [0.2, 0.25) is 0 Å². The Morgan fingerprint density at radius 1 is 1.17 bits per heavy atom. The normalized spacial score (nSPS) is 16.0. The monoisotopic (exact) mass is 333 g/mol. The number of carbonyl (C=O) groups excluding carboxylic acids is 1. The zero-order chi connectivity index (χ0) is 17.7. The Kier molecular flexibility index (Phi) is 5.86. The van der Waals surface area contributed by atoms with E-state index in [-0.39, 0.29) is 6.09 Å². The number of aryl methyl sites for hydroxylation is 1. The standard InChI is InChI=1S/C19H27NO4/c1-19(2,3)24-18(23)20-12-10-15(11-13-20)5-4-14-6-8-16(9-7-14)17(21)22/h6-9,15H,4-5,10-13H2,1-3H3,(H,21,22). The maximum Gasteiger partial charge on any atom is 0.410 e. The van der Waals surface area contributed by atoms with E-state index in [4.69, 9.17) is 9.84 Å². The fourth-order valence-electron chi connectivity index (χ4n) is 2.92. The van der Waals surface area contributed by atoms with Crippen molar-refractivity contribution in [1.82, 2.24) is 4.90 Å². The molecule has 0 unspecified atom stereocenters. The van der Waals surface area contributed by atoms with E-state index in [2.05, 4.69) is 0 Å². The molecule has 1 heterocycles. The number of carboxylic acid groups (broad SMARTS) is 1. The summed E-state index contributed by atoms with van der Waals surface area (Å²) in [6, 6.07) is 7.09. The molecule has 1 fully saturated rings. The van der Waals surface area contributed by atoms with Gasteiger partial charge in [0.25, 0.3) is 0 Å². The summed E-state index contributed by atoms with van der Waals surface area (Å²) in [5.41, 5.74) is 1.04. The van der Waals surface area contributed by atoms with Gasteiger partial charge in [0.15, 0.2) is 0 Å². The molecule has 1 saturated heterocycles. The summed E-state index contributed by atoms with van der Waals surface area (Å²) in [6.45, 7) is 7.14. The Labute approximate surface area is 143 Å². The lowest BCUT2D eigenvalue weighted by molar-refractivity contribution is 0.0181. The molecule has 5 heteroatoms. The highest BCUT2D eigenvalue weighted by Crippen LogP contribution is 2.24. The Bertz CT molecular complexity index is 566. The molecule has 1 N–H and O–H groups in total. The van der Waals surface area contributed by atoms with Crippen molar-refractivity contribution in [3.05, 3.63) is 35.4 Å². The van der Waals surface area contributed by atoms with E-state index in [0.29, 0.717) is 11.5 Å². The van der Waals surface area contributed by atoms with E-state index in [9.17, 15) is 9.59 Å². The number of ether oxygens (including phenoxy) is 1. The number of rotatable bonds is 4. The topological polar surface area (TPSA) is 66.8 Å². The van der Waals surface area contributed by atoms with Crippen molar-refractivity contribution in [1.29, 1.82) is 0 Å². The number of carbonyl (C=O) groups is 2. The summed E-state index contributed by atoms with van der Waals surface area (Å²) in [4.78, 5) is 24.7. The first kappa shape index (κ1) is 18.3. The second-order valence-electron chi connectivity index (χ2n) is 7.45. The summed E-state index contributed by atoms with van der Waals surface area (Å²) in [7, 11) is 0. The number of hydrogen-bond acceptors (Lipinski definition) is 3. The maximum atomic E-state index is 12.0. The third-order valence-corrected chi connectivity index (χ3v) is 4.31. The van der Waals surface area contributed by atoms with Gasteiger partial charge in [-0.05, 0) is 70.1 Å². The van der Waals surface area contributed by atoms with Gasteiger partial charge < -0.3 is 14.7 Å². The molecule has 24 heavy (non-hydrogen) atoms. The Hall–Kier alpha value is -2.04. The molecule has 0 aliphatic carbocycles. The molecule has 1 aromatic rings. The van der Waals surface area contributed by atoms with Crippen molar-refractivity contribution in [2.24, 2.45) is 5.92 Å². The van der Waals surface area contributed by atoms with Crippen LogP contribution in [-0.2, 0) is 11.2 Å². The second-order valence-corrected chi connectivity index (χ2v) is 7.45. The number of benzene rings is 1. The number of piperidine rings is 1. The second kappa shape index (κ2) is 7.69. The van der Waals surface area contributed by atoms with Gasteiger partial charge in [-0.3, -0.25) is 0 Å². The quantitative estimate of drug-likeness (QED) is 0.905. The van der Waals surface area contributed by atoms with Crippen molar-refractivity contribution < 1.29 is 19.4 Å². The smallest absolute Gasteiger partial charge is 0.410 e. The molecule has 0 radical (unpaired) electrons. The molecule has 0 bridgehead atoms. The van der Waals surface area contributed by atoms with E-state index < -0.39 is 11.6 Å². The molecule has 1 aliphatic heterocycles. The largest absolute Gasteiger partial charge is 0.478 e. The summed E-state index contributed by atoms with van der Waals surface area (Å²) in [5, 5.41) is 8.91. The molecule has 0 spiro atoms. The molecule has 1 aliphatic rings. The third kappa shape index (κ3) is 5.55. The van der Waals surface area contributed by atoms with Gasteiger partial charge in [-0.2, -0.15) is 0 Å². The van der Waals surface area contributed by atoms with Crippen LogP contribution in [0.5, 0.6) is 0 Å². The van der Waals surface area contributed by atoms with Gasteiger partial charge in [0.1, 0.15) is 5.60 Å². The van der Waals surface area contributed by atoms with Crippen LogP contribution in [-0.4, -0.2) is 40.8 Å². The summed E-state index contributed by atoms with van der Waals surface area (Å²) < 4.78 is 5.41. The Morgan fingerprint density at radius 3 is 2.25 bits per heavy atom. The number of likely N-dealkylation sites (tertiary alicyclic amines) is 1. The SMILES string of the molecule is CC(C)(C)OC(=O)N1CCC(CCc2ccc(C(=O)O)cc2)CC1. The number of hydrogen-bond donors (Lipinski definition) is 1. The minimum atomic E-state index is -0.893. The first-order chi connectivity index (χ1) is 11.2. The van der Waals surface area contributed by atoms with Crippen molar-refractivity contribution in [2.75, 3.05) is 13.1 Å². The molecule has 1 amide bonds. The number of carboxylic acids is 1. The van der Waals surface area contributed by atoms with Crippen LogP contribution in [0.3, 0.4) is 0 Å². The summed E-state index contributed by atoms with van der Waals surface area (Å²) >= 11 is 0. The van der Waals surface area contributed by atoms with Crippen molar-refractivity contribution >= 4 is 12.1 Å². The van der Waals surface area contributed by atoms with Crippen LogP contribution in [0.15, 0.2) is 24.3 Å². The summed E-state index contributed by atoms with van der Waals surface area (Å²) in [6.07, 6.45) is 3.77. The van der Waals surface area contributed by atoms with E-state index in [1.807, 2.05) is 32.9 Å². The highest BCUT2D eigenvalue weighted by atomic mass is 16.6. The van der Waals surface area contributed by atoms with Crippen molar-refractivity contribution in [3.63, 3.8) is 0 Å². The van der Waals surface area contributed by atoms with E-state index in [1.54, 1.807) is 17.0 Å². The highest BCUT2D eigenvalue weighted by molar-refractivity contribution is 5.87. The lowest BCUT2D eigenvalue weighted by Crippen LogP contribution is -2.41. The zero-order valence-corrected chi connectivity index (χ0v) is 14.7. The van der Waals surface area contributed by atoms with Gasteiger partial charge in [0.05, 0.1) is 5.56 Å². The number of amides is 1. The van der Waals surface area contributed by atoms with Gasteiger partial charge in [-0.1, -0.05) is 12.1 Å². The summed E-state index contributed by atoms with van der Waals surface area (Å²) in [5.74, 6) is -0.293. The van der Waals surface area contributed by atoms with Crippen molar-refractivity contribution in [2.45, 2.75) is 52.1 Å². The van der Waals surface area contributed by atoms with Crippen LogP contribution in [0, 0.1) is 5.92 Å². The number of aromatic carboxylic acids is 1. The van der Waals surface area contributed by atoms with Crippen LogP contribution in [0.25, 0.3) is 0 Å². The Balaban J connectivity index is 1.75. The molecule has 2 rings (SSSR count). The van der Waals surface area contributed by atoms with Crippen molar-refractivity contribution in [3.8, 4) is 0 Å². The minimum absolute atomic E-state index is 0.217. The lowest BCUT2D eigenvalue weighted by atomic mass is 9.90. The van der Waals surface area contributed by atoms with Crippen LogP contribution >= 0.6 is 0 Å². The van der Waals surface area contributed by atoms with Crippen LogP contribution in [0.2, 0.25) is 0 Å². The predicted octanol–water partition coefficient (Wildman–Crippen LogP) is 3.96. The minimum Gasteiger partial charge on any atom is -0.478 e. The average Bonchev–Trinajstić information content (AvgIpc) is 2.52. The van der Waals surface area contributed by atoms with Crippen LogP contribution < -0.4 is 0 Å². The van der Waals surface area contributed by atoms with E-state index in [1.165, 1.54) is 0 Å². The predicted molar refractivity (Wildman–Crippen MR) is 92.3 cm³/mol. The van der Waals surface area contributed by atoms with Crippen LogP contribution in [0.4, 0.5) is 4.79 Å². The van der Waals surface area contributed by atoms with E-state index >= 15 is 0 Å². The maximum absolute atomic E-state index is 12.0. The van der Waals surface area contributed by atoms with Gasteiger partial charge in [-0.15, -0.1) is 0 Å². The van der Waals surface area contributed by atoms with Gasteiger partial charge in [0, 0.05) is 13.1 Å². The fraction of sp³-hybridized carbons (Fsp3) is 0.579. The lowest BCUT2D eigenvalue weighted by Gasteiger charge is -2.33.